The van der Waals surface area contributed by atoms with Gasteiger partial charge in [0.2, 0.25) is 6.79 Å². The molecule has 4 rings (SSSR count). The first kappa shape index (κ1) is 19.9. The first-order valence-electron chi connectivity index (χ1n) is 9.03. The van der Waals surface area contributed by atoms with Crippen molar-refractivity contribution >= 4 is 33.4 Å². The van der Waals surface area contributed by atoms with Crippen LogP contribution in [0.15, 0.2) is 65.1 Å². The van der Waals surface area contributed by atoms with Crippen LogP contribution in [-0.2, 0) is 6.54 Å². The van der Waals surface area contributed by atoms with Gasteiger partial charge in [0.05, 0.1) is 16.8 Å². The molecule has 0 aliphatic carbocycles. The Hall–Kier alpha value is -3.39. The van der Waals surface area contributed by atoms with Crippen molar-refractivity contribution in [1.82, 2.24) is 5.32 Å². The van der Waals surface area contributed by atoms with Gasteiger partial charge in [-0.05, 0) is 48.0 Å². The lowest BCUT2D eigenvalue weighted by atomic mass is 10.1. The van der Waals surface area contributed by atoms with Gasteiger partial charge < -0.3 is 20.1 Å². The van der Waals surface area contributed by atoms with Crippen LogP contribution in [0, 0.1) is 5.82 Å². The first-order valence-corrected chi connectivity index (χ1v) is 9.83. The molecule has 0 radical (unpaired) electrons. The van der Waals surface area contributed by atoms with E-state index in [0.717, 1.165) is 5.56 Å². The van der Waals surface area contributed by atoms with Crippen LogP contribution in [0.2, 0.25) is 0 Å². The van der Waals surface area contributed by atoms with E-state index in [9.17, 15) is 14.0 Å². The predicted molar refractivity (Wildman–Crippen MR) is 112 cm³/mol. The number of ether oxygens (including phenoxy) is 2. The number of benzene rings is 3. The number of anilines is 1. The predicted octanol–water partition coefficient (Wildman–Crippen LogP) is 4.50. The van der Waals surface area contributed by atoms with E-state index in [1.807, 2.05) is 6.07 Å². The molecule has 3 aromatic rings. The van der Waals surface area contributed by atoms with E-state index in [2.05, 4.69) is 26.6 Å². The number of hydrogen-bond acceptors (Lipinski definition) is 4. The Kier molecular flexibility index (Phi) is 5.67. The molecular weight excluding hydrogens is 455 g/mol. The quantitative estimate of drug-likeness (QED) is 0.575. The van der Waals surface area contributed by atoms with Gasteiger partial charge >= 0.3 is 0 Å². The van der Waals surface area contributed by atoms with Crippen molar-refractivity contribution in [1.29, 1.82) is 0 Å². The molecule has 30 heavy (non-hydrogen) atoms. The number of rotatable bonds is 5. The zero-order valence-electron chi connectivity index (χ0n) is 15.6. The maximum Gasteiger partial charge on any atom is 0.258 e. The highest BCUT2D eigenvalue weighted by atomic mass is 79.9. The summed E-state index contributed by atoms with van der Waals surface area (Å²) in [6, 6.07) is 16.0. The SMILES string of the molecule is O=C(Nc1ccccc1C(=O)NCc1ccc2c(c1)OCO2)c1cc(Br)ccc1F. The number of carbonyl (C=O) groups is 2. The second-order valence-electron chi connectivity index (χ2n) is 6.49. The Balaban J connectivity index is 1.47. The van der Waals surface area contributed by atoms with Crippen LogP contribution >= 0.6 is 15.9 Å². The smallest absolute Gasteiger partial charge is 0.258 e. The Morgan fingerprint density at radius 2 is 1.73 bits per heavy atom. The van der Waals surface area contributed by atoms with Crippen molar-refractivity contribution in [3.8, 4) is 11.5 Å². The Morgan fingerprint density at radius 3 is 2.60 bits per heavy atom. The van der Waals surface area contributed by atoms with Crippen molar-refractivity contribution in [2.24, 2.45) is 0 Å². The van der Waals surface area contributed by atoms with Gasteiger partial charge in [0, 0.05) is 11.0 Å². The van der Waals surface area contributed by atoms with Crippen molar-refractivity contribution in [2.75, 3.05) is 12.1 Å². The summed E-state index contributed by atoms with van der Waals surface area (Å²) in [7, 11) is 0. The minimum Gasteiger partial charge on any atom is -0.454 e. The number of hydrogen-bond donors (Lipinski definition) is 2. The van der Waals surface area contributed by atoms with E-state index in [-0.39, 0.29) is 36.1 Å². The average Bonchev–Trinajstić information content (AvgIpc) is 3.22. The van der Waals surface area contributed by atoms with Crippen LogP contribution in [0.1, 0.15) is 26.3 Å². The van der Waals surface area contributed by atoms with Crippen molar-refractivity contribution in [2.45, 2.75) is 6.54 Å². The molecule has 1 aliphatic heterocycles. The fourth-order valence-corrected chi connectivity index (χ4v) is 3.34. The van der Waals surface area contributed by atoms with Crippen molar-refractivity contribution in [3.63, 3.8) is 0 Å². The van der Waals surface area contributed by atoms with Crippen LogP contribution in [0.4, 0.5) is 10.1 Å². The van der Waals surface area contributed by atoms with Crippen molar-refractivity contribution < 1.29 is 23.5 Å². The monoisotopic (exact) mass is 470 g/mol. The maximum atomic E-state index is 14.0. The van der Waals surface area contributed by atoms with Gasteiger partial charge in [-0.15, -0.1) is 0 Å². The van der Waals surface area contributed by atoms with Crippen molar-refractivity contribution in [3.05, 3.63) is 87.6 Å². The highest BCUT2D eigenvalue weighted by Gasteiger charge is 2.17. The van der Waals surface area contributed by atoms with E-state index in [1.54, 1.807) is 36.4 Å². The minimum absolute atomic E-state index is 0.125. The van der Waals surface area contributed by atoms with Gasteiger partial charge in [0.1, 0.15) is 5.82 Å². The number of amides is 2. The summed E-state index contributed by atoms with van der Waals surface area (Å²) in [5, 5.41) is 5.42. The molecule has 0 unspecified atom stereocenters. The molecule has 0 fully saturated rings. The highest BCUT2D eigenvalue weighted by Crippen LogP contribution is 2.32. The molecule has 8 heteroatoms. The minimum atomic E-state index is -0.652. The lowest BCUT2D eigenvalue weighted by molar-refractivity contribution is 0.0951. The third-order valence-electron chi connectivity index (χ3n) is 4.48. The molecule has 2 amide bonds. The molecule has 6 nitrogen and oxygen atoms in total. The van der Waals surface area contributed by atoms with E-state index in [0.29, 0.717) is 16.0 Å². The first-order chi connectivity index (χ1) is 14.5. The molecule has 1 heterocycles. The van der Waals surface area contributed by atoms with Gasteiger partial charge in [-0.1, -0.05) is 34.1 Å². The van der Waals surface area contributed by atoms with Gasteiger partial charge in [-0.25, -0.2) is 4.39 Å². The van der Waals surface area contributed by atoms with Crippen LogP contribution < -0.4 is 20.1 Å². The Bertz CT molecular complexity index is 1140. The number of carbonyl (C=O) groups excluding carboxylic acids is 2. The highest BCUT2D eigenvalue weighted by molar-refractivity contribution is 9.10. The number of nitrogens with one attached hydrogen (secondary N) is 2. The number of halogens is 2. The van der Waals surface area contributed by atoms with Gasteiger partial charge in [-0.3, -0.25) is 9.59 Å². The fraction of sp³-hybridized carbons (Fsp3) is 0.0909. The second-order valence-corrected chi connectivity index (χ2v) is 7.41. The van der Waals surface area contributed by atoms with E-state index >= 15 is 0 Å². The number of para-hydroxylation sites is 1. The third kappa shape index (κ3) is 4.28. The molecule has 0 atom stereocenters. The number of fused-ring (bicyclic) bond motifs is 1. The summed E-state index contributed by atoms with van der Waals surface area (Å²) >= 11 is 3.22. The summed E-state index contributed by atoms with van der Waals surface area (Å²) in [4.78, 5) is 25.2. The standard InChI is InChI=1S/C22H16BrFN2O4/c23-14-6-7-17(24)16(10-14)22(28)26-18-4-2-1-3-15(18)21(27)25-11-13-5-8-19-20(9-13)30-12-29-19/h1-10H,11-12H2,(H,25,27)(H,26,28). The molecule has 152 valence electrons. The average molecular weight is 471 g/mol. The summed E-state index contributed by atoms with van der Waals surface area (Å²) in [5.74, 6) is -0.382. The largest absolute Gasteiger partial charge is 0.454 e. The Labute approximate surface area is 180 Å². The zero-order valence-corrected chi connectivity index (χ0v) is 17.2. The summed E-state index contributed by atoms with van der Waals surface area (Å²) in [5.41, 5.74) is 1.26. The third-order valence-corrected chi connectivity index (χ3v) is 4.98. The molecule has 0 bridgehead atoms. The summed E-state index contributed by atoms with van der Waals surface area (Å²) in [6.07, 6.45) is 0. The topological polar surface area (TPSA) is 76.7 Å². The molecule has 0 saturated heterocycles. The summed E-state index contributed by atoms with van der Waals surface area (Å²) in [6.45, 7) is 0.439. The molecular formula is C22H16BrFN2O4. The fourth-order valence-electron chi connectivity index (χ4n) is 2.98. The van der Waals surface area contributed by atoms with E-state index < -0.39 is 11.7 Å². The lowest BCUT2D eigenvalue weighted by Crippen LogP contribution is -2.25. The maximum absolute atomic E-state index is 14.0. The van der Waals surface area contributed by atoms with Crippen LogP contribution in [0.25, 0.3) is 0 Å². The van der Waals surface area contributed by atoms with Crippen LogP contribution in [0.5, 0.6) is 11.5 Å². The van der Waals surface area contributed by atoms with Gasteiger partial charge in [0.25, 0.3) is 11.8 Å². The zero-order chi connectivity index (χ0) is 21.1. The van der Waals surface area contributed by atoms with Gasteiger partial charge in [-0.2, -0.15) is 0 Å². The molecule has 3 aromatic carbocycles. The Morgan fingerprint density at radius 1 is 0.933 bits per heavy atom. The molecule has 0 aromatic heterocycles. The second kappa shape index (κ2) is 8.54. The summed E-state index contributed by atoms with van der Waals surface area (Å²) < 4.78 is 25.2. The van der Waals surface area contributed by atoms with Crippen LogP contribution in [0.3, 0.4) is 0 Å². The molecule has 1 aliphatic rings. The van der Waals surface area contributed by atoms with Gasteiger partial charge in [0.15, 0.2) is 11.5 Å². The van der Waals surface area contributed by atoms with E-state index in [1.165, 1.54) is 18.2 Å². The normalized spacial score (nSPS) is 11.8. The molecule has 0 spiro atoms. The van der Waals surface area contributed by atoms with Crippen LogP contribution in [-0.4, -0.2) is 18.6 Å². The van der Waals surface area contributed by atoms with E-state index in [4.69, 9.17) is 9.47 Å². The lowest BCUT2D eigenvalue weighted by Gasteiger charge is -2.12. The molecule has 2 N–H and O–H groups in total. The molecule has 0 saturated carbocycles.